The fourth-order valence-electron chi connectivity index (χ4n) is 4.82. The van der Waals surface area contributed by atoms with Crippen LogP contribution >= 0.6 is 0 Å². The Labute approximate surface area is 173 Å². The lowest BCUT2D eigenvalue weighted by molar-refractivity contribution is -0.159. The number of carbonyl (C=O) groups excluding carboxylic acids is 1. The van der Waals surface area contributed by atoms with Crippen LogP contribution in [-0.4, -0.2) is 48.1 Å². The maximum Gasteiger partial charge on any atom is 0.262 e. The van der Waals surface area contributed by atoms with Gasteiger partial charge < -0.3 is 15.2 Å². The summed E-state index contributed by atoms with van der Waals surface area (Å²) in [5.74, 6) is 0.605. The molecule has 1 aromatic carbocycles. The summed E-state index contributed by atoms with van der Waals surface area (Å²) in [6.45, 7) is 2.89. The molecule has 1 spiro atoms. The van der Waals surface area contributed by atoms with Crippen LogP contribution in [0.4, 0.5) is 0 Å². The van der Waals surface area contributed by atoms with Crippen molar-refractivity contribution in [2.24, 2.45) is 16.1 Å². The van der Waals surface area contributed by atoms with Crippen molar-refractivity contribution < 1.29 is 14.3 Å². The number of benzene rings is 1. The topological polar surface area (TPSA) is 114 Å². The number of nitrogens with zero attached hydrogens (tertiary/aromatic N) is 4. The standard InChI is InChI=1S/C22H21N5O3/c1-21-12-29-6-5-18(21)30-17-4-3-14(15-7-13(9-23)10-25-11-15)8-16(17)22(21)19(28)27(2)20(24)26-22/h3-4,7-8,10-11,18H,5-6,12H2,1-2H3,(H2,24,26)/t18-,21?,22+/m0/s1. The minimum atomic E-state index is -1.24. The summed E-state index contributed by atoms with van der Waals surface area (Å²) in [5, 5.41) is 9.22. The van der Waals surface area contributed by atoms with Gasteiger partial charge in [0.05, 0.1) is 24.2 Å². The number of ether oxygens (including phenoxy) is 2. The van der Waals surface area contributed by atoms with Gasteiger partial charge in [0.1, 0.15) is 17.9 Å². The normalized spacial score (nSPS) is 29.6. The molecule has 3 atom stereocenters. The van der Waals surface area contributed by atoms with Crippen LogP contribution in [0.3, 0.4) is 0 Å². The monoisotopic (exact) mass is 403 g/mol. The zero-order valence-corrected chi connectivity index (χ0v) is 16.8. The summed E-state index contributed by atoms with van der Waals surface area (Å²) in [6, 6.07) is 9.54. The zero-order valence-electron chi connectivity index (χ0n) is 16.8. The molecule has 1 aromatic heterocycles. The lowest BCUT2D eigenvalue weighted by Crippen LogP contribution is -2.63. The molecule has 8 heteroatoms. The van der Waals surface area contributed by atoms with Crippen molar-refractivity contribution in [3.8, 4) is 22.9 Å². The smallest absolute Gasteiger partial charge is 0.262 e. The highest BCUT2D eigenvalue weighted by atomic mass is 16.5. The first-order valence-corrected chi connectivity index (χ1v) is 9.78. The van der Waals surface area contributed by atoms with E-state index in [0.29, 0.717) is 36.5 Å². The highest BCUT2D eigenvalue weighted by Crippen LogP contribution is 2.58. The first-order valence-electron chi connectivity index (χ1n) is 9.78. The number of hydrogen-bond acceptors (Lipinski definition) is 7. The number of aliphatic imine (C=N–C) groups is 1. The molecule has 0 bridgehead atoms. The van der Waals surface area contributed by atoms with Crippen molar-refractivity contribution >= 4 is 11.9 Å². The Morgan fingerprint density at radius 2 is 2.13 bits per heavy atom. The summed E-state index contributed by atoms with van der Waals surface area (Å²) < 4.78 is 12.2. The van der Waals surface area contributed by atoms with Crippen LogP contribution in [-0.2, 0) is 15.1 Å². The van der Waals surface area contributed by atoms with Crippen molar-refractivity contribution in [3.05, 3.63) is 47.8 Å². The quantitative estimate of drug-likeness (QED) is 0.776. The molecule has 1 fully saturated rings. The van der Waals surface area contributed by atoms with E-state index in [-0.39, 0.29) is 18.0 Å². The predicted molar refractivity (Wildman–Crippen MR) is 108 cm³/mol. The molecule has 1 saturated heterocycles. The van der Waals surface area contributed by atoms with Crippen molar-refractivity contribution in [2.45, 2.75) is 25.0 Å². The Bertz CT molecular complexity index is 1140. The number of hydrogen-bond donors (Lipinski definition) is 1. The van der Waals surface area contributed by atoms with Crippen molar-refractivity contribution in [2.75, 3.05) is 20.3 Å². The van der Waals surface area contributed by atoms with Gasteiger partial charge in [0.15, 0.2) is 11.5 Å². The molecule has 0 radical (unpaired) electrons. The highest BCUT2D eigenvalue weighted by molar-refractivity contribution is 6.08. The minimum absolute atomic E-state index is 0.178. The van der Waals surface area contributed by atoms with Gasteiger partial charge in [0.2, 0.25) is 0 Å². The molecule has 0 saturated carbocycles. The Hall–Kier alpha value is -3.44. The summed E-state index contributed by atoms with van der Waals surface area (Å²) in [6.07, 6.45) is 3.64. The molecule has 0 aliphatic carbocycles. The molecule has 8 nitrogen and oxygen atoms in total. The van der Waals surface area contributed by atoms with E-state index < -0.39 is 11.0 Å². The molecule has 152 valence electrons. The maximum atomic E-state index is 13.6. The number of likely N-dealkylation sites (N-methyl/N-ethyl adjacent to an activating group) is 1. The molecular weight excluding hydrogens is 382 g/mol. The average Bonchev–Trinajstić information content (AvgIpc) is 3.00. The molecule has 5 rings (SSSR count). The van der Waals surface area contributed by atoms with Gasteiger partial charge in [0, 0.05) is 37.0 Å². The Morgan fingerprint density at radius 1 is 1.30 bits per heavy atom. The average molecular weight is 403 g/mol. The number of rotatable bonds is 1. The van der Waals surface area contributed by atoms with Crippen LogP contribution in [0, 0.1) is 16.7 Å². The van der Waals surface area contributed by atoms with Gasteiger partial charge in [-0.15, -0.1) is 0 Å². The maximum absolute atomic E-state index is 13.6. The molecule has 3 aliphatic rings. The molecule has 3 aliphatic heterocycles. The van der Waals surface area contributed by atoms with E-state index in [1.807, 2.05) is 25.1 Å². The third kappa shape index (κ3) is 2.27. The van der Waals surface area contributed by atoms with E-state index in [1.54, 1.807) is 19.3 Å². The Balaban J connectivity index is 1.76. The predicted octanol–water partition coefficient (Wildman–Crippen LogP) is 1.79. The van der Waals surface area contributed by atoms with Gasteiger partial charge >= 0.3 is 0 Å². The van der Waals surface area contributed by atoms with Gasteiger partial charge in [-0.05, 0) is 23.8 Å². The number of guanidine groups is 1. The fraction of sp³-hybridized carbons (Fsp3) is 0.364. The lowest BCUT2D eigenvalue weighted by Gasteiger charge is -2.53. The van der Waals surface area contributed by atoms with E-state index >= 15 is 0 Å². The summed E-state index contributed by atoms with van der Waals surface area (Å²) in [4.78, 5) is 23.9. The summed E-state index contributed by atoms with van der Waals surface area (Å²) >= 11 is 0. The number of aromatic nitrogens is 1. The molecule has 30 heavy (non-hydrogen) atoms. The number of amides is 1. The Morgan fingerprint density at radius 3 is 2.87 bits per heavy atom. The van der Waals surface area contributed by atoms with Gasteiger partial charge in [-0.2, -0.15) is 5.26 Å². The number of nitriles is 1. The number of carbonyl (C=O) groups is 1. The largest absolute Gasteiger partial charge is 0.489 e. The summed E-state index contributed by atoms with van der Waals surface area (Å²) in [5.41, 5.74) is 6.89. The second kappa shape index (κ2) is 6.28. The van der Waals surface area contributed by atoms with Crippen LogP contribution in [0.5, 0.6) is 5.75 Å². The van der Waals surface area contributed by atoms with Crippen molar-refractivity contribution in [3.63, 3.8) is 0 Å². The van der Waals surface area contributed by atoms with Crippen LogP contribution in [0.25, 0.3) is 11.1 Å². The molecule has 2 aromatic rings. The van der Waals surface area contributed by atoms with Gasteiger partial charge in [-0.3, -0.25) is 14.7 Å². The van der Waals surface area contributed by atoms with E-state index in [2.05, 4.69) is 11.1 Å². The van der Waals surface area contributed by atoms with E-state index in [0.717, 1.165) is 11.1 Å². The third-order valence-electron chi connectivity index (χ3n) is 6.54. The molecule has 1 amide bonds. The second-order valence-electron chi connectivity index (χ2n) is 8.19. The Kier molecular flexibility index (Phi) is 3.89. The van der Waals surface area contributed by atoms with Gasteiger partial charge in [-0.1, -0.05) is 13.0 Å². The zero-order chi connectivity index (χ0) is 21.1. The number of nitrogens with two attached hydrogens (primary N) is 1. The van der Waals surface area contributed by atoms with Gasteiger partial charge in [0.25, 0.3) is 5.91 Å². The number of fused-ring (bicyclic) bond motifs is 4. The molecule has 4 heterocycles. The van der Waals surface area contributed by atoms with Crippen molar-refractivity contribution in [1.82, 2.24) is 9.88 Å². The highest BCUT2D eigenvalue weighted by Gasteiger charge is 2.67. The van der Waals surface area contributed by atoms with Crippen molar-refractivity contribution in [1.29, 1.82) is 5.26 Å². The van der Waals surface area contributed by atoms with Crippen LogP contribution < -0.4 is 10.5 Å². The van der Waals surface area contributed by atoms with Crippen LogP contribution in [0.2, 0.25) is 0 Å². The number of pyridine rings is 1. The fourth-order valence-corrected chi connectivity index (χ4v) is 4.82. The first-order chi connectivity index (χ1) is 14.4. The van der Waals surface area contributed by atoms with Gasteiger partial charge in [-0.25, -0.2) is 4.99 Å². The third-order valence-corrected chi connectivity index (χ3v) is 6.54. The molecule has 1 unspecified atom stereocenters. The second-order valence-corrected chi connectivity index (χ2v) is 8.19. The van der Waals surface area contributed by atoms with E-state index in [1.165, 1.54) is 11.1 Å². The van der Waals surface area contributed by atoms with E-state index in [4.69, 9.17) is 20.2 Å². The molecule has 2 N–H and O–H groups in total. The summed E-state index contributed by atoms with van der Waals surface area (Å²) in [7, 11) is 1.64. The van der Waals surface area contributed by atoms with Crippen LogP contribution in [0.15, 0.2) is 41.7 Å². The van der Waals surface area contributed by atoms with Crippen LogP contribution in [0.1, 0.15) is 24.5 Å². The minimum Gasteiger partial charge on any atom is -0.489 e. The molecular formula is C22H21N5O3. The van der Waals surface area contributed by atoms with E-state index in [9.17, 15) is 10.1 Å². The SMILES string of the molecule is CN1C(=O)[C@]2(N=C1N)c1cc(-c3cncc(C#N)c3)ccc1O[C@H]1CCOCC12C. The lowest BCUT2D eigenvalue weighted by atomic mass is 9.61. The first kappa shape index (κ1) is 18.6.